The van der Waals surface area contributed by atoms with Crippen molar-refractivity contribution >= 4 is 15.9 Å². The summed E-state index contributed by atoms with van der Waals surface area (Å²) in [6, 6.07) is 0. The van der Waals surface area contributed by atoms with Gasteiger partial charge in [0.2, 0.25) is 0 Å². The molecular formula is C5H9BrO2. The van der Waals surface area contributed by atoms with Gasteiger partial charge in [-0.05, 0) is 0 Å². The number of alkyl halides is 1. The summed E-state index contributed by atoms with van der Waals surface area (Å²) in [5.41, 5.74) is -0.222. The predicted molar refractivity (Wildman–Crippen MR) is 34.2 cm³/mol. The first kappa shape index (κ1) is 6.52. The van der Waals surface area contributed by atoms with Crippen LogP contribution in [-0.4, -0.2) is 29.3 Å². The molecule has 0 radical (unpaired) electrons. The third-order valence-corrected chi connectivity index (χ3v) is 2.52. The van der Waals surface area contributed by atoms with Crippen LogP contribution in [0.2, 0.25) is 0 Å². The van der Waals surface area contributed by atoms with Crippen LogP contribution in [0, 0.1) is 0 Å². The molecule has 1 saturated heterocycles. The number of hydrogen-bond donors (Lipinski definition) is 1. The zero-order chi connectivity index (χ0) is 6.04. The Bertz CT molecular complexity index is 67.0. The summed E-state index contributed by atoms with van der Waals surface area (Å²) in [6.07, 6.45) is 0.981. The molecule has 1 heterocycles. The van der Waals surface area contributed by atoms with E-state index in [1.165, 1.54) is 0 Å². The lowest BCUT2D eigenvalue weighted by atomic mass is 9.99. The molecule has 1 aliphatic rings. The fourth-order valence-electron chi connectivity index (χ4n) is 0.663. The Balaban J connectivity index is 2.33. The molecule has 0 spiro atoms. The molecule has 0 aromatic heterocycles. The molecule has 1 atom stereocenters. The van der Waals surface area contributed by atoms with E-state index in [4.69, 9.17) is 9.84 Å². The van der Waals surface area contributed by atoms with Crippen LogP contribution < -0.4 is 0 Å². The summed E-state index contributed by atoms with van der Waals surface area (Å²) in [7, 11) is 0. The van der Waals surface area contributed by atoms with Crippen molar-refractivity contribution in [1.29, 1.82) is 0 Å². The second-order valence-electron chi connectivity index (χ2n) is 2.07. The van der Waals surface area contributed by atoms with Crippen molar-refractivity contribution in [3.8, 4) is 0 Å². The van der Waals surface area contributed by atoms with Gasteiger partial charge in [-0.25, -0.2) is 0 Å². The maximum Gasteiger partial charge on any atom is 0.103 e. The van der Waals surface area contributed by atoms with E-state index in [0.717, 1.165) is 18.4 Å². The average molecular weight is 181 g/mol. The molecule has 1 fully saturated rings. The van der Waals surface area contributed by atoms with Crippen LogP contribution in [0.1, 0.15) is 6.42 Å². The normalized spacial score (nSPS) is 36.8. The number of aliphatic hydroxyl groups excluding tert-OH is 1. The smallest absolute Gasteiger partial charge is 0.103 e. The maximum absolute atomic E-state index is 8.68. The lowest BCUT2D eigenvalue weighted by Crippen LogP contribution is -2.48. The first-order chi connectivity index (χ1) is 3.83. The molecule has 0 bridgehead atoms. The minimum absolute atomic E-state index is 0.137. The van der Waals surface area contributed by atoms with Crippen LogP contribution in [0.5, 0.6) is 0 Å². The molecule has 1 aliphatic heterocycles. The summed E-state index contributed by atoms with van der Waals surface area (Å²) in [5, 5.41) is 9.43. The third kappa shape index (κ3) is 0.900. The van der Waals surface area contributed by atoms with Gasteiger partial charge in [0.05, 0.1) is 13.2 Å². The Morgan fingerprint density at radius 1 is 1.75 bits per heavy atom. The largest absolute Gasteiger partial charge is 0.393 e. The van der Waals surface area contributed by atoms with Gasteiger partial charge in [-0.3, -0.25) is 0 Å². The molecule has 3 heteroatoms. The number of hydrogen-bond acceptors (Lipinski definition) is 2. The first-order valence-electron chi connectivity index (χ1n) is 2.64. The lowest BCUT2D eigenvalue weighted by Gasteiger charge is -2.38. The van der Waals surface area contributed by atoms with Gasteiger partial charge in [0.1, 0.15) is 5.60 Å². The molecule has 0 aromatic carbocycles. The summed E-state index contributed by atoms with van der Waals surface area (Å²) >= 11 is 3.26. The minimum Gasteiger partial charge on any atom is -0.393 e. The number of rotatable bonds is 2. The Labute approximate surface area is 57.0 Å². The summed E-state index contributed by atoms with van der Waals surface area (Å²) in [5.74, 6) is 0. The zero-order valence-corrected chi connectivity index (χ0v) is 6.15. The highest BCUT2D eigenvalue weighted by molar-refractivity contribution is 9.09. The second kappa shape index (κ2) is 2.33. The van der Waals surface area contributed by atoms with Gasteiger partial charge < -0.3 is 9.84 Å². The van der Waals surface area contributed by atoms with E-state index in [9.17, 15) is 0 Å². The van der Waals surface area contributed by atoms with E-state index in [1.807, 2.05) is 0 Å². The van der Waals surface area contributed by atoms with Crippen molar-refractivity contribution in [1.82, 2.24) is 0 Å². The highest BCUT2D eigenvalue weighted by atomic mass is 79.9. The fourth-order valence-corrected chi connectivity index (χ4v) is 1.28. The van der Waals surface area contributed by atoms with Gasteiger partial charge in [-0.2, -0.15) is 0 Å². The van der Waals surface area contributed by atoms with Gasteiger partial charge in [-0.1, -0.05) is 15.9 Å². The molecule has 1 rings (SSSR count). The maximum atomic E-state index is 8.68. The fraction of sp³-hybridized carbons (Fsp3) is 1.00. The van der Waals surface area contributed by atoms with Crippen LogP contribution in [0.25, 0.3) is 0 Å². The minimum atomic E-state index is -0.222. The Kier molecular flexibility index (Phi) is 1.90. The van der Waals surface area contributed by atoms with E-state index in [0.29, 0.717) is 0 Å². The molecule has 48 valence electrons. The highest BCUT2D eigenvalue weighted by Gasteiger charge is 2.36. The molecule has 0 amide bonds. The zero-order valence-electron chi connectivity index (χ0n) is 4.56. The molecule has 2 nitrogen and oxygen atoms in total. The topological polar surface area (TPSA) is 29.5 Å². The van der Waals surface area contributed by atoms with E-state index in [2.05, 4.69) is 15.9 Å². The van der Waals surface area contributed by atoms with E-state index >= 15 is 0 Å². The highest BCUT2D eigenvalue weighted by Crippen LogP contribution is 2.27. The molecule has 8 heavy (non-hydrogen) atoms. The second-order valence-corrected chi connectivity index (χ2v) is 2.63. The van der Waals surface area contributed by atoms with E-state index in [-0.39, 0.29) is 12.2 Å². The molecule has 1 N–H and O–H groups in total. The van der Waals surface area contributed by atoms with Crippen molar-refractivity contribution < 1.29 is 9.84 Å². The van der Waals surface area contributed by atoms with Crippen molar-refractivity contribution in [2.24, 2.45) is 0 Å². The molecular weight excluding hydrogens is 172 g/mol. The van der Waals surface area contributed by atoms with Crippen LogP contribution in [0.4, 0.5) is 0 Å². The summed E-state index contributed by atoms with van der Waals surface area (Å²) in [6.45, 7) is 0.935. The van der Waals surface area contributed by atoms with Gasteiger partial charge in [0.25, 0.3) is 0 Å². The van der Waals surface area contributed by atoms with Gasteiger partial charge >= 0.3 is 0 Å². The lowest BCUT2D eigenvalue weighted by molar-refractivity contribution is -0.153. The molecule has 0 saturated carbocycles. The van der Waals surface area contributed by atoms with Crippen LogP contribution in [0.15, 0.2) is 0 Å². The van der Waals surface area contributed by atoms with Gasteiger partial charge in [0.15, 0.2) is 0 Å². The number of halogens is 1. The first-order valence-corrected chi connectivity index (χ1v) is 3.76. The Morgan fingerprint density at radius 2 is 2.38 bits per heavy atom. The SMILES string of the molecule is OCC1(CBr)CCO1. The number of ether oxygens (including phenoxy) is 1. The third-order valence-electron chi connectivity index (χ3n) is 1.50. The van der Waals surface area contributed by atoms with Gasteiger partial charge in [-0.15, -0.1) is 0 Å². The summed E-state index contributed by atoms with van der Waals surface area (Å²) < 4.78 is 5.12. The van der Waals surface area contributed by atoms with E-state index < -0.39 is 0 Å². The van der Waals surface area contributed by atoms with Crippen LogP contribution >= 0.6 is 15.9 Å². The van der Waals surface area contributed by atoms with Gasteiger partial charge in [0, 0.05) is 11.8 Å². The predicted octanol–water partition coefficient (Wildman–Crippen LogP) is 0.533. The Hall–Kier alpha value is 0.400. The van der Waals surface area contributed by atoms with Crippen molar-refractivity contribution in [2.75, 3.05) is 18.5 Å². The Morgan fingerprint density at radius 3 is 2.38 bits per heavy atom. The quantitative estimate of drug-likeness (QED) is 0.629. The molecule has 0 aromatic rings. The van der Waals surface area contributed by atoms with Crippen molar-refractivity contribution in [2.45, 2.75) is 12.0 Å². The van der Waals surface area contributed by atoms with Crippen LogP contribution in [0.3, 0.4) is 0 Å². The summed E-state index contributed by atoms with van der Waals surface area (Å²) in [4.78, 5) is 0. The van der Waals surface area contributed by atoms with Crippen molar-refractivity contribution in [3.63, 3.8) is 0 Å². The van der Waals surface area contributed by atoms with E-state index in [1.54, 1.807) is 0 Å². The molecule has 0 aliphatic carbocycles. The standard InChI is InChI=1S/C5H9BrO2/c6-3-5(4-7)1-2-8-5/h7H,1-4H2. The monoisotopic (exact) mass is 180 g/mol. The molecule has 1 unspecified atom stereocenters. The van der Waals surface area contributed by atoms with Crippen molar-refractivity contribution in [3.05, 3.63) is 0 Å². The average Bonchev–Trinajstić information content (AvgIpc) is 1.67. The number of aliphatic hydroxyl groups is 1. The van der Waals surface area contributed by atoms with Crippen LogP contribution in [-0.2, 0) is 4.74 Å².